The van der Waals surface area contributed by atoms with Gasteiger partial charge in [-0.2, -0.15) is 0 Å². The van der Waals surface area contributed by atoms with Gasteiger partial charge in [0.15, 0.2) is 0 Å². The van der Waals surface area contributed by atoms with Crippen molar-refractivity contribution in [3.8, 4) is 5.88 Å². The number of nitrogens with zero attached hydrogens (tertiary/aromatic N) is 2. The molecule has 7 nitrogen and oxygen atoms in total. The first-order chi connectivity index (χ1) is 10.5. The van der Waals surface area contributed by atoms with Gasteiger partial charge in [0, 0.05) is 36.0 Å². The minimum Gasteiger partial charge on any atom is -0.481 e. The molecule has 0 unspecified atom stereocenters. The van der Waals surface area contributed by atoms with E-state index >= 15 is 0 Å². The second kappa shape index (κ2) is 6.66. The molecular formula is C15H15N3O4. The van der Waals surface area contributed by atoms with Crippen LogP contribution in [0, 0.1) is 17.0 Å². The smallest absolute Gasteiger partial charge is 0.273 e. The third-order valence-electron chi connectivity index (χ3n) is 3.21. The second-order valence-corrected chi connectivity index (χ2v) is 4.60. The molecule has 1 aromatic carbocycles. The van der Waals surface area contributed by atoms with Crippen LogP contribution in [0.15, 0.2) is 36.5 Å². The molecule has 114 valence electrons. The summed E-state index contributed by atoms with van der Waals surface area (Å²) in [6.45, 7) is 1.84. The van der Waals surface area contributed by atoms with Crippen LogP contribution in [-0.4, -0.2) is 22.9 Å². The van der Waals surface area contributed by atoms with Crippen LogP contribution >= 0.6 is 0 Å². The average Bonchev–Trinajstić information content (AvgIpc) is 2.52. The van der Waals surface area contributed by atoms with Crippen molar-refractivity contribution >= 4 is 11.6 Å². The number of methoxy groups -OCH3 is 1. The summed E-state index contributed by atoms with van der Waals surface area (Å²) < 4.78 is 5.01. The van der Waals surface area contributed by atoms with E-state index < -0.39 is 4.92 Å². The molecule has 0 saturated heterocycles. The van der Waals surface area contributed by atoms with Gasteiger partial charge in [-0.1, -0.05) is 6.07 Å². The summed E-state index contributed by atoms with van der Waals surface area (Å²) in [6.07, 6.45) is 1.58. The summed E-state index contributed by atoms with van der Waals surface area (Å²) in [7, 11) is 1.51. The first kappa shape index (κ1) is 15.4. The highest BCUT2D eigenvalue weighted by atomic mass is 16.6. The molecule has 1 heterocycles. The molecule has 1 amide bonds. The molecule has 0 fully saturated rings. The van der Waals surface area contributed by atoms with Gasteiger partial charge in [0.25, 0.3) is 11.6 Å². The molecule has 0 bridgehead atoms. The van der Waals surface area contributed by atoms with Crippen LogP contribution in [0.1, 0.15) is 21.5 Å². The fraction of sp³-hybridized carbons (Fsp3) is 0.200. The highest BCUT2D eigenvalue weighted by Crippen LogP contribution is 2.21. The maximum atomic E-state index is 12.2. The van der Waals surface area contributed by atoms with E-state index in [4.69, 9.17) is 4.74 Å². The van der Waals surface area contributed by atoms with Crippen molar-refractivity contribution in [2.24, 2.45) is 0 Å². The molecular weight excluding hydrogens is 286 g/mol. The number of aromatic nitrogens is 1. The van der Waals surface area contributed by atoms with Crippen molar-refractivity contribution < 1.29 is 14.5 Å². The first-order valence-corrected chi connectivity index (χ1v) is 6.54. The topological polar surface area (TPSA) is 94.4 Å². The first-order valence-electron chi connectivity index (χ1n) is 6.54. The Morgan fingerprint density at radius 1 is 1.41 bits per heavy atom. The largest absolute Gasteiger partial charge is 0.481 e. The van der Waals surface area contributed by atoms with Crippen LogP contribution in [0.2, 0.25) is 0 Å². The molecule has 0 radical (unpaired) electrons. The van der Waals surface area contributed by atoms with E-state index in [0.29, 0.717) is 11.4 Å². The number of pyridine rings is 1. The van der Waals surface area contributed by atoms with E-state index in [1.165, 1.54) is 19.2 Å². The van der Waals surface area contributed by atoms with Gasteiger partial charge in [-0.25, -0.2) is 4.98 Å². The third kappa shape index (κ3) is 3.38. The monoisotopic (exact) mass is 301 g/mol. The zero-order valence-electron chi connectivity index (χ0n) is 12.2. The Labute approximate surface area is 127 Å². The average molecular weight is 301 g/mol. The third-order valence-corrected chi connectivity index (χ3v) is 3.21. The lowest BCUT2D eigenvalue weighted by Crippen LogP contribution is -2.23. The summed E-state index contributed by atoms with van der Waals surface area (Å²) in [4.78, 5) is 26.6. The van der Waals surface area contributed by atoms with Crippen molar-refractivity contribution in [1.29, 1.82) is 0 Å². The number of benzene rings is 1. The molecule has 2 rings (SSSR count). The minimum atomic E-state index is -0.500. The lowest BCUT2D eigenvalue weighted by atomic mass is 10.1. The van der Waals surface area contributed by atoms with Crippen molar-refractivity contribution in [3.05, 3.63) is 63.3 Å². The predicted molar refractivity (Wildman–Crippen MR) is 79.8 cm³/mol. The lowest BCUT2D eigenvalue weighted by Gasteiger charge is -2.08. The molecule has 1 N–H and O–H groups in total. The molecule has 0 aliphatic carbocycles. The van der Waals surface area contributed by atoms with E-state index in [1.54, 1.807) is 31.3 Å². The number of ether oxygens (including phenoxy) is 1. The molecule has 1 aromatic heterocycles. The van der Waals surface area contributed by atoms with Gasteiger partial charge < -0.3 is 10.1 Å². The SMILES string of the molecule is COc1cc(CNC(=O)c2cccc([N+](=O)[O-])c2C)ccn1. The van der Waals surface area contributed by atoms with Crippen molar-refractivity contribution in [3.63, 3.8) is 0 Å². The van der Waals surface area contributed by atoms with E-state index in [-0.39, 0.29) is 23.7 Å². The summed E-state index contributed by atoms with van der Waals surface area (Å²) in [5.41, 5.74) is 1.38. The standard InChI is InChI=1S/C15H15N3O4/c1-10-12(4-3-5-13(10)18(20)21)15(19)17-9-11-6-7-16-14(8-11)22-2/h3-8H,9H2,1-2H3,(H,17,19). The quantitative estimate of drug-likeness (QED) is 0.675. The predicted octanol–water partition coefficient (Wildman–Crippen LogP) is 2.24. The van der Waals surface area contributed by atoms with Crippen LogP contribution in [0.4, 0.5) is 5.69 Å². The van der Waals surface area contributed by atoms with Gasteiger partial charge in [-0.15, -0.1) is 0 Å². The number of hydrogen-bond donors (Lipinski definition) is 1. The van der Waals surface area contributed by atoms with Crippen LogP contribution in [0.3, 0.4) is 0 Å². The molecule has 7 heteroatoms. The Balaban J connectivity index is 2.12. The number of nitrogens with one attached hydrogen (secondary N) is 1. The fourth-order valence-corrected chi connectivity index (χ4v) is 2.02. The summed E-state index contributed by atoms with van der Waals surface area (Å²) in [5, 5.41) is 13.6. The lowest BCUT2D eigenvalue weighted by molar-refractivity contribution is -0.385. The highest BCUT2D eigenvalue weighted by molar-refractivity contribution is 5.96. The van der Waals surface area contributed by atoms with Crippen LogP contribution in [0.5, 0.6) is 5.88 Å². The highest BCUT2D eigenvalue weighted by Gasteiger charge is 2.17. The number of carbonyl (C=O) groups excluding carboxylic acids is 1. The van der Waals surface area contributed by atoms with E-state index in [1.807, 2.05) is 0 Å². The summed E-state index contributed by atoms with van der Waals surface area (Å²) >= 11 is 0. The molecule has 22 heavy (non-hydrogen) atoms. The minimum absolute atomic E-state index is 0.0711. The number of amides is 1. The molecule has 0 aliphatic heterocycles. The molecule has 2 aromatic rings. The van der Waals surface area contributed by atoms with Gasteiger partial charge in [0.1, 0.15) is 0 Å². The Morgan fingerprint density at radius 3 is 2.86 bits per heavy atom. The Kier molecular flexibility index (Phi) is 4.67. The summed E-state index contributed by atoms with van der Waals surface area (Å²) in [5.74, 6) is 0.0928. The van der Waals surface area contributed by atoms with Gasteiger partial charge in [-0.05, 0) is 24.6 Å². The van der Waals surface area contributed by atoms with Gasteiger partial charge in [0.05, 0.1) is 12.0 Å². The fourth-order valence-electron chi connectivity index (χ4n) is 2.02. The van der Waals surface area contributed by atoms with Crippen molar-refractivity contribution in [2.45, 2.75) is 13.5 Å². The normalized spacial score (nSPS) is 10.1. The number of nitro groups is 1. The zero-order valence-corrected chi connectivity index (χ0v) is 12.2. The van der Waals surface area contributed by atoms with Crippen LogP contribution < -0.4 is 10.1 Å². The maximum absolute atomic E-state index is 12.2. The molecule has 0 atom stereocenters. The Bertz CT molecular complexity index is 716. The number of carbonyl (C=O) groups is 1. The Hall–Kier alpha value is -2.96. The van der Waals surface area contributed by atoms with Gasteiger partial charge >= 0.3 is 0 Å². The van der Waals surface area contributed by atoms with E-state index in [0.717, 1.165) is 5.56 Å². The maximum Gasteiger partial charge on any atom is 0.273 e. The number of hydrogen-bond acceptors (Lipinski definition) is 5. The van der Waals surface area contributed by atoms with Crippen LogP contribution in [-0.2, 0) is 6.54 Å². The molecule has 0 saturated carbocycles. The van der Waals surface area contributed by atoms with E-state index in [2.05, 4.69) is 10.3 Å². The Morgan fingerprint density at radius 2 is 2.18 bits per heavy atom. The van der Waals surface area contributed by atoms with Gasteiger partial charge in [0.2, 0.25) is 5.88 Å². The van der Waals surface area contributed by atoms with Crippen LogP contribution in [0.25, 0.3) is 0 Å². The number of rotatable bonds is 5. The zero-order chi connectivity index (χ0) is 16.1. The van der Waals surface area contributed by atoms with Gasteiger partial charge in [-0.3, -0.25) is 14.9 Å². The second-order valence-electron chi connectivity index (χ2n) is 4.60. The van der Waals surface area contributed by atoms with Crippen molar-refractivity contribution in [2.75, 3.05) is 7.11 Å². The van der Waals surface area contributed by atoms with Crippen molar-refractivity contribution in [1.82, 2.24) is 10.3 Å². The van der Waals surface area contributed by atoms with E-state index in [9.17, 15) is 14.9 Å². The summed E-state index contributed by atoms with van der Waals surface area (Å²) in [6, 6.07) is 7.89. The number of nitro benzene ring substituents is 1. The molecule has 0 aliphatic rings. The molecule has 0 spiro atoms.